The predicted molar refractivity (Wildman–Crippen MR) is 78.1 cm³/mol. The van der Waals surface area contributed by atoms with E-state index < -0.39 is 11.5 Å². The van der Waals surface area contributed by atoms with Crippen LogP contribution in [0.2, 0.25) is 0 Å². The second-order valence-electron chi connectivity index (χ2n) is 4.89. The van der Waals surface area contributed by atoms with Gasteiger partial charge in [-0.05, 0) is 18.2 Å². The number of aromatic amines is 1. The van der Waals surface area contributed by atoms with E-state index in [4.69, 9.17) is 0 Å². The van der Waals surface area contributed by atoms with E-state index in [2.05, 4.69) is 10.3 Å². The number of carboxylic acids is 1. The highest BCUT2D eigenvalue weighted by atomic mass is 32.2. The van der Waals surface area contributed by atoms with E-state index in [1.54, 1.807) is 18.0 Å². The third-order valence-corrected chi connectivity index (χ3v) is 4.81. The van der Waals surface area contributed by atoms with Gasteiger partial charge in [0, 0.05) is 22.9 Å². The maximum absolute atomic E-state index is 12.4. The van der Waals surface area contributed by atoms with Gasteiger partial charge in [-0.25, -0.2) is 4.79 Å². The van der Waals surface area contributed by atoms with Crippen LogP contribution in [0.1, 0.15) is 16.8 Å². The van der Waals surface area contributed by atoms with Crippen molar-refractivity contribution in [3.8, 4) is 0 Å². The van der Waals surface area contributed by atoms with Gasteiger partial charge in [0.25, 0.3) is 5.91 Å². The number of carbonyl (C=O) groups is 2. The van der Waals surface area contributed by atoms with Gasteiger partial charge in [0.2, 0.25) is 0 Å². The minimum Gasteiger partial charge on any atom is -0.479 e. The highest BCUT2D eigenvalue weighted by Crippen LogP contribution is 2.29. The molecule has 2 heterocycles. The standard InChI is InChI=1S/C14H14N2O3S/c17-12(16-14(13(18)19)5-6-20-8-14)10-7-15-11-4-2-1-3-9(10)11/h1-4,7,15H,5-6,8H2,(H,16,17)(H,18,19). The van der Waals surface area contributed by atoms with Gasteiger partial charge in [-0.3, -0.25) is 4.79 Å². The van der Waals surface area contributed by atoms with Crippen LogP contribution >= 0.6 is 11.8 Å². The van der Waals surface area contributed by atoms with E-state index in [0.717, 1.165) is 16.7 Å². The molecule has 6 heteroatoms. The highest BCUT2D eigenvalue weighted by molar-refractivity contribution is 7.99. The number of amides is 1. The molecule has 0 bridgehead atoms. The normalized spacial score (nSPS) is 22.0. The molecule has 104 valence electrons. The van der Waals surface area contributed by atoms with Crippen molar-refractivity contribution in [3.63, 3.8) is 0 Å². The Kier molecular flexibility index (Phi) is 3.17. The van der Waals surface area contributed by atoms with Crippen molar-refractivity contribution in [2.75, 3.05) is 11.5 Å². The first-order valence-electron chi connectivity index (χ1n) is 6.32. The van der Waals surface area contributed by atoms with E-state index in [1.807, 2.05) is 24.3 Å². The summed E-state index contributed by atoms with van der Waals surface area (Å²) in [5, 5.41) is 12.9. The van der Waals surface area contributed by atoms with Crippen LogP contribution in [0.5, 0.6) is 0 Å². The molecule has 5 nitrogen and oxygen atoms in total. The number of aromatic nitrogens is 1. The zero-order valence-corrected chi connectivity index (χ0v) is 11.5. The maximum Gasteiger partial charge on any atom is 0.330 e. The molecule has 0 aliphatic carbocycles. The van der Waals surface area contributed by atoms with Gasteiger partial charge in [-0.2, -0.15) is 11.8 Å². The zero-order valence-electron chi connectivity index (χ0n) is 10.7. The highest BCUT2D eigenvalue weighted by Gasteiger charge is 2.43. The van der Waals surface area contributed by atoms with Crippen molar-refractivity contribution < 1.29 is 14.7 Å². The summed E-state index contributed by atoms with van der Waals surface area (Å²) in [5.41, 5.74) is 0.209. The first-order valence-corrected chi connectivity index (χ1v) is 7.48. The second-order valence-corrected chi connectivity index (χ2v) is 6.00. The molecule has 3 rings (SSSR count). The summed E-state index contributed by atoms with van der Waals surface area (Å²) in [6.45, 7) is 0. The third kappa shape index (κ3) is 2.06. The molecule has 2 aromatic rings. The van der Waals surface area contributed by atoms with Crippen LogP contribution in [0.4, 0.5) is 0 Å². The number of rotatable bonds is 3. The number of hydrogen-bond donors (Lipinski definition) is 3. The summed E-state index contributed by atoms with van der Waals surface area (Å²) in [7, 11) is 0. The molecule has 20 heavy (non-hydrogen) atoms. The molecule has 0 radical (unpaired) electrons. The summed E-state index contributed by atoms with van der Waals surface area (Å²) >= 11 is 1.55. The minimum atomic E-state index is -1.14. The Bertz CT molecular complexity index is 674. The van der Waals surface area contributed by atoms with Gasteiger partial charge >= 0.3 is 5.97 Å². The van der Waals surface area contributed by atoms with E-state index in [0.29, 0.717) is 17.7 Å². The first kappa shape index (κ1) is 13.1. The van der Waals surface area contributed by atoms with Gasteiger partial charge in [0.15, 0.2) is 0 Å². The van der Waals surface area contributed by atoms with E-state index in [9.17, 15) is 14.7 Å². The average molecular weight is 290 g/mol. The molecular formula is C14H14N2O3S. The van der Waals surface area contributed by atoms with Crippen LogP contribution in [0.3, 0.4) is 0 Å². The Morgan fingerprint density at radius 3 is 2.85 bits per heavy atom. The van der Waals surface area contributed by atoms with Gasteiger partial charge in [-0.15, -0.1) is 0 Å². The van der Waals surface area contributed by atoms with E-state index in [-0.39, 0.29) is 5.91 Å². The van der Waals surface area contributed by atoms with Crippen LogP contribution in [-0.4, -0.2) is 39.0 Å². The molecule has 3 N–H and O–H groups in total. The SMILES string of the molecule is O=C(NC1(C(=O)O)CCSC1)c1c[nH]c2ccccc12. The van der Waals surface area contributed by atoms with Crippen LogP contribution in [0.25, 0.3) is 10.9 Å². The minimum absolute atomic E-state index is 0.340. The molecule has 1 aromatic carbocycles. The smallest absolute Gasteiger partial charge is 0.330 e. The average Bonchev–Trinajstić information content (AvgIpc) is 3.05. The van der Waals surface area contributed by atoms with Crippen molar-refractivity contribution in [3.05, 3.63) is 36.0 Å². The lowest BCUT2D eigenvalue weighted by Crippen LogP contribution is -2.54. The molecule has 1 amide bonds. The monoisotopic (exact) mass is 290 g/mol. The van der Waals surface area contributed by atoms with Crippen LogP contribution in [-0.2, 0) is 4.79 Å². The Balaban J connectivity index is 1.91. The number of hydrogen-bond acceptors (Lipinski definition) is 3. The molecular weight excluding hydrogens is 276 g/mol. The fourth-order valence-corrected chi connectivity index (χ4v) is 3.76. The number of thioether (sulfide) groups is 1. The first-order chi connectivity index (χ1) is 9.62. The number of H-pyrrole nitrogens is 1. The Morgan fingerprint density at radius 2 is 2.15 bits per heavy atom. The lowest BCUT2D eigenvalue weighted by Gasteiger charge is -2.24. The summed E-state index contributed by atoms with van der Waals surface area (Å²) in [6.07, 6.45) is 2.08. The summed E-state index contributed by atoms with van der Waals surface area (Å²) in [6, 6.07) is 7.46. The van der Waals surface area contributed by atoms with Crippen molar-refractivity contribution in [2.24, 2.45) is 0 Å². The third-order valence-electron chi connectivity index (χ3n) is 3.62. The number of nitrogens with one attached hydrogen (secondary N) is 2. The Labute approximate surface area is 119 Å². The number of carbonyl (C=O) groups excluding carboxylic acids is 1. The molecule has 1 atom stereocenters. The van der Waals surface area contributed by atoms with Crippen molar-refractivity contribution in [2.45, 2.75) is 12.0 Å². The molecule has 1 unspecified atom stereocenters. The van der Waals surface area contributed by atoms with Crippen LogP contribution in [0, 0.1) is 0 Å². The fraction of sp³-hybridized carbons (Fsp3) is 0.286. The Hall–Kier alpha value is -1.95. The van der Waals surface area contributed by atoms with Crippen LogP contribution in [0.15, 0.2) is 30.5 Å². The van der Waals surface area contributed by atoms with E-state index in [1.165, 1.54) is 0 Å². The van der Waals surface area contributed by atoms with Crippen molar-refractivity contribution >= 4 is 34.5 Å². The lowest BCUT2D eigenvalue weighted by molar-refractivity contribution is -0.143. The lowest BCUT2D eigenvalue weighted by atomic mass is 9.98. The van der Waals surface area contributed by atoms with E-state index >= 15 is 0 Å². The van der Waals surface area contributed by atoms with Gasteiger partial charge in [-0.1, -0.05) is 18.2 Å². The molecule has 1 aliphatic heterocycles. The molecule has 1 saturated heterocycles. The molecule has 1 aromatic heterocycles. The van der Waals surface area contributed by atoms with Gasteiger partial charge in [0.05, 0.1) is 5.56 Å². The predicted octanol–water partition coefficient (Wildman–Crippen LogP) is 1.86. The number of para-hydroxylation sites is 1. The largest absolute Gasteiger partial charge is 0.479 e. The zero-order chi connectivity index (χ0) is 14.2. The van der Waals surface area contributed by atoms with Gasteiger partial charge < -0.3 is 15.4 Å². The quantitative estimate of drug-likeness (QED) is 0.806. The summed E-state index contributed by atoms with van der Waals surface area (Å²) < 4.78 is 0. The summed E-state index contributed by atoms with van der Waals surface area (Å²) in [5.74, 6) is -0.139. The van der Waals surface area contributed by atoms with Crippen LogP contribution < -0.4 is 5.32 Å². The molecule has 1 aliphatic rings. The topological polar surface area (TPSA) is 82.2 Å². The summed E-state index contributed by atoms with van der Waals surface area (Å²) in [4.78, 5) is 26.9. The maximum atomic E-state index is 12.4. The van der Waals surface area contributed by atoms with Crippen molar-refractivity contribution in [1.29, 1.82) is 0 Å². The number of fused-ring (bicyclic) bond motifs is 1. The molecule has 0 spiro atoms. The van der Waals surface area contributed by atoms with Crippen molar-refractivity contribution in [1.82, 2.24) is 10.3 Å². The fourth-order valence-electron chi connectivity index (χ4n) is 2.43. The second kappa shape index (κ2) is 4.86. The number of aliphatic carboxylic acids is 1. The Morgan fingerprint density at radius 1 is 1.35 bits per heavy atom. The number of carboxylic acid groups (broad SMARTS) is 1. The van der Waals surface area contributed by atoms with Gasteiger partial charge in [0.1, 0.15) is 5.54 Å². The number of benzene rings is 1. The molecule has 0 saturated carbocycles. The molecule has 1 fully saturated rings.